The molecular formula is C11H16ClNO3S. The molecule has 1 atom stereocenters. The molecule has 1 unspecified atom stereocenters. The van der Waals surface area contributed by atoms with Crippen LogP contribution < -0.4 is 4.72 Å². The fourth-order valence-corrected chi connectivity index (χ4v) is 2.77. The number of methoxy groups -OCH3 is 1. The van der Waals surface area contributed by atoms with E-state index in [0.717, 1.165) is 0 Å². The number of halogens is 1. The fraction of sp³-hybridized carbons (Fsp3) is 0.455. The Labute approximate surface area is 107 Å². The molecule has 17 heavy (non-hydrogen) atoms. The molecule has 0 aromatic heterocycles. The maximum Gasteiger partial charge on any atom is 0.240 e. The SMILES string of the molecule is CCC(COC)NS(=O)(=O)c1ccc(Cl)cc1. The Kier molecular flexibility index (Phi) is 5.39. The van der Waals surface area contributed by atoms with Crippen LogP contribution in [0.5, 0.6) is 0 Å². The van der Waals surface area contributed by atoms with E-state index >= 15 is 0 Å². The van der Waals surface area contributed by atoms with Gasteiger partial charge >= 0.3 is 0 Å². The van der Waals surface area contributed by atoms with Gasteiger partial charge in [0.05, 0.1) is 11.5 Å². The van der Waals surface area contributed by atoms with Crippen molar-refractivity contribution in [2.75, 3.05) is 13.7 Å². The molecule has 96 valence electrons. The summed E-state index contributed by atoms with van der Waals surface area (Å²) in [5.41, 5.74) is 0. The Hall–Kier alpha value is -0.620. The van der Waals surface area contributed by atoms with Crippen LogP contribution in [-0.2, 0) is 14.8 Å². The summed E-state index contributed by atoms with van der Waals surface area (Å²) < 4.78 is 31.5. The monoisotopic (exact) mass is 277 g/mol. The summed E-state index contributed by atoms with van der Waals surface area (Å²) >= 11 is 5.71. The molecule has 0 bridgehead atoms. The third-order valence-electron chi connectivity index (χ3n) is 2.31. The summed E-state index contributed by atoms with van der Waals surface area (Å²) in [6.07, 6.45) is 0.667. The van der Waals surface area contributed by atoms with E-state index in [0.29, 0.717) is 18.1 Å². The molecule has 0 aliphatic heterocycles. The van der Waals surface area contributed by atoms with Gasteiger partial charge in [-0.15, -0.1) is 0 Å². The second-order valence-corrected chi connectivity index (χ2v) is 5.79. The molecule has 0 radical (unpaired) electrons. The molecule has 1 N–H and O–H groups in total. The van der Waals surface area contributed by atoms with E-state index in [2.05, 4.69) is 4.72 Å². The quantitative estimate of drug-likeness (QED) is 0.866. The van der Waals surface area contributed by atoms with Gasteiger partial charge in [0.25, 0.3) is 0 Å². The number of hydrogen-bond donors (Lipinski definition) is 1. The van der Waals surface area contributed by atoms with Crippen molar-refractivity contribution >= 4 is 21.6 Å². The second kappa shape index (κ2) is 6.35. The van der Waals surface area contributed by atoms with Crippen molar-refractivity contribution in [1.29, 1.82) is 0 Å². The van der Waals surface area contributed by atoms with Crippen molar-refractivity contribution in [3.63, 3.8) is 0 Å². The normalized spacial score (nSPS) is 13.6. The Morgan fingerprint density at radius 1 is 1.35 bits per heavy atom. The Bertz CT molecular complexity index is 444. The zero-order valence-corrected chi connectivity index (χ0v) is 11.4. The lowest BCUT2D eigenvalue weighted by Crippen LogP contribution is -2.37. The van der Waals surface area contributed by atoms with Crippen molar-refractivity contribution in [2.24, 2.45) is 0 Å². The molecule has 0 saturated carbocycles. The third-order valence-corrected chi connectivity index (χ3v) is 4.09. The van der Waals surface area contributed by atoms with Gasteiger partial charge < -0.3 is 4.74 Å². The van der Waals surface area contributed by atoms with Crippen LogP contribution in [0.15, 0.2) is 29.2 Å². The van der Waals surface area contributed by atoms with E-state index in [-0.39, 0.29) is 10.9 Å². The summed E-state index contributed by atoms with van der Waals surface area (Å²) in [5.74, 6) is 0. The predicted molar refractivity (Wildman–Crippen MR) is 67.7 cm³/mol. The summed E-state index contributed by atoms with van der Waals surface area (Å²) in [4.78, 5) is 0.205. The predicted octanol–water partition coefficient (Wildman–Crippen LogP) is 2.04. The summed E-state index contributed by atoms with van der Waals surface area (Å²) in [7, 11) is -1.96. The smallest absolute Gasteiger partial charge is 0.240 e. The van der Waals surface area contributed by atoms with Gasteiger partial charge in [-0.3, -0.25) is 0 Å². The maximum atomic E-state index is 12.0. The molecular weight excluding hydrogens is 262 g/mol. The molecule has 1 aromatic rings. The van der Waals surface area contributed by atoms with Gasteiger partial charge in [-0.2, -0.15) is 0 Å². The van der Waals surface area contributed by atoms with Gasteiger partial charge in [0, 0.05) is 18.2 Å². The van der Waals surface area contributed by atoms with Crippen LogP contribution in [-0.4, -0.2) is 28.2 Å². The van der Waals surface area contributed by atoms with E-state index in [1.165, 1.54) is 12.1 Å². The lowest BCUT2D eigenvalue weighted by atomic mass is 10.3. The highest BCUT2D eigenvalue weighted by Crippen LogP contribution is 2.14. The number of nitrogens with one attached hydrogen (secondary N) is 1. The highest BCUT2D eigenvalue weighted by atomic mass is 35.5. The minimum absolute atomic E-state index is 0.205. The van der Waals surface area contributed by atoms with E-state index in [9.17, 15) is 8.42 Å². The first-order valence-corrected chi connectivity index (χ1v) is 7.12. The van der Waals surface area contributed by atoms with Crippen molar-refractivity contribution < 1.29 is 13.2 Å². The van der Waals surface area contributed by atoms with Crippen LogP contribution in [0.2, 0.25) is 5.02 Å². The first kappa shape index (κ1) is 14.4. The van der Waals surface area contributed by atoms with E-state index < -0.39 is 10.0 Å². The lowest BCUT2D eigenvalue weighted by Gasteiger charge is -2.16. The van der Waals surface area contributed by atoms with Crippen molar-refractivity contribution in [2.45, 2.75) is 24.3 Å². The molecule has 0 aliphatic carbocycles. The molecule has 6 heteroatoms. The third kappa shape index (κ3) is 4.27. The fourth-order valence-electron chi connectivity index (χ4n) is 1.34. The molecule has 0 spiro atoms. The van der Waals surface area contributed by atoms with Crippen LogP contribution in [0.25, 0.3) is 0 Å². The van der Waals surface area contributed by atoms with Gasteiger partial charge in [-0.1, -0.05) is 18.5 Å². The Morgan fingerprint density at radius 2 is 1.94 bits per heavy atom. The molecule has 4 nitrogen and oxygen atoms in total. The van der Waals surface area contributed by atoms with Gasteiger partial charge in [-0.25, -0.2) is 13.1 Å². The summed E-state index contributed by atoms with van der Waals surface area (Å²) in [6.45, 7) is 2.25. The Morgan fingerprint density at radius 3 is 2.41 bits per heavy atom. The Balaban J connectivity index is 2.84. The van der Waals surface area contributed by atoms with Crippen molar-refractivity contribution in [3.05, 3.63) is 29.3 Å². The lowest BCUT2D eigenvalue weighted by molar-refractivity contribution is 0.173. The zero-order chi connectivity index (χ0) is 12.9. The minimum Gasteiger partial charge on any atom is -0.383 e. The number of ether oxygens (including phenoxy) is 1. The first-order valence-electron chi connectivity index (χ1n) is 5.26. The molecule has 0 aliphatic rings. The first-order chi connectivity index (χ1) is 7.99. The van der Waals surface area contributed by atoms with Crippen LogP contribution in [0.3, 0.4) is 0 Å². The number of hydrogen-bond acceptors (Lipinski definition) is 3. The molecule has 1 aromatic carbocycles. The average Bonchev–Trinajstić information content (AvgIpc) is 2.28. The van der Waals surface area contributed by atoms with E-state index in [4.69, 9.17) is 16.3 Å². The highest BCUT2D eigenvalue weighted by Gasteiger charge is 2.18. The largest absolute Gasteiger partial charge is 0.383 e. The standard InChI is InChI=1S/C11H16ClNO3S/c1-3-10(8-16-2)13-17(14,15)11-6-4-9(12)5-7-11/h4-7,10,13H,3,8H2,1-2H3. The van der Waals surface area contributed by atoms with Crippen molar-refractivity contribution in [1.82, 2.24) is 4.72 Å². The zero-order valence-electron chi connectivity index (χ0n) is 9.81. The minimum atomic E-state index is -3.50. The summed E-state index contributed by atoms with van der Waals surface area (Å²) in [5, 5.41) is 0.507. The van der Waals surface area contributed by atoms with E-state index in [1.54, 1.807) is 19.2 Å². The maximum absolute atomic E-state index is 12.0. The highest BCUT2D eigenvalue weighted by molar-refractivity contribution is 7.89. The molecule has 1 rings (SSSR count). The summed E-state index contributed by atoms with van der Waals surface area (Å²) in [6, 6.07) is 5.83. The van der Waals surface area contributed by atoms with Crippen LogP contribution >= 0.6 is 11.6 Å². The molecule has 0 fully saturated rings. The average molecular weight is 278 g/mol. The van der Waals surface area contributed by atoms with Gasteiger partial charge in [0.15, 0.2) is 0 Å². The molecule has 0 heterocycles. The van der Waals surface area contributed by atoms with Gasteiger partial charge in [0.2, 0.25) is 10.0 Å². The second-order valence-electron chi connectivity index (χ2n) is 3.64. The number of sulfonamides is 1. The van der Waals surface area contributed by atoms with Crippen LogP contribution in [0.1, 0.15) is 13.3 Å². The number of rotatable bonds is 6. The topological polar surface area (TPSA) is 55.4 Å². The number of benzene rings is 1. The molecule has 0 amide bonds. The van der Waals surface area contributed by atoms with Gasteiger partial charge in [0.1, 0.15) is 0 Å². The molecule has 0 saturated heterocycles. The van der Waals surface area contributed by atoms with Gasteiger partial charge in [-0.05, 0) is 30.7 Å². The van der Waals surface area contributed by atoms with E-state index in [1.807, 2.05) is 6.92 Å². The van der Waals surface area contributed by atoms with Crippen molar-refractivity contribution in [3.8, 4) is 0 Å². The van der Waals surface area contributed by atoms with Crippen LogP contribution in [0.4, 0.5) is 0 Å². The van der Waals surface area contributed by atoms with Crippen LogP contribution in [0, 0.1) is 0 Å².